The van der Waals surface area contributed by atoms with Crippen LogP contribution in [0.4, 0.5) is 5.69 Å². The van der Waals surface area contributed by atoms with Crippen LogP contribution in [-0.2, 0) is 16.0 Å². The fourth-order valence-corrected chi connectivity index (χ4v) is 2.57. The third kappa shape index (κ3) is 4.59. The highest BCUT2D eigenvalue weighted by molar-refractivity contribution is 5.96. The number of ether oxygens (including phenoxy) is 1. The predicted molar refractivity (Wildman–Crippen MR) is 92.4 cm³/mol. The second-order valence-corrected chi connectivity index (χ2v) is 5.49. The third-order valence-corrected chi connectivity index (χ3v) is 3.79. The van der Waals surface area contributed by atoms with Gasteiger partial charge in [-0.05, 0) is 41.8 Å². The topological polar surface area (TPSA) is 75.6 Å². The molecule has 0 aliphatic heterocycles. The van der Waals surface area contributed by atoms with E-state index in [0.29, 0.717) is 17.7 Å². The van der Waals surface area contributed by atoms with Crippen LogP contribution >= 0.6 is 0 Å². The molecule has 5 heteroatoms. The van der Waals surface area contributed by atoms with Gasteiger partial charge < -0.3 is 15.2 Å². The lowest BCUT2D eigenvalue weighted by Crippen LogP contribution is -2.20. The number of hydrogen-bond donors (Lipinski definition) is 2. The van der Waals surface area contributed by atoms with Gasteiger partial charge in [-0.25, -0.2) is 0 Å². The van der Waals surface area contributed by atoms with Gasteiger partial charge in [-0.2, -0.15) is 0 Å². The molecule has 0 aliphatic rings. The van der Waals surface area contributed by atoms with Gasteiger partial charge in [-0.1, -0.05) is 31.2 Å². The molecule has 1 atom stereocenters. The number of amides is 1. The Morgan fingerprint density at radius 1 is 1.17 bits per heavy atom. The third-order valence-electron chi connectivity index (χ3n) is 3.79. The van der Waals surface area contributed by atoms with Gasteiger partial charge in [0.2, 0.25) is 5.91 Å². The van der Waals surface area contributed by atoms with Crippen molar-refractivity contribution < 1.29 is 19.4 Å². The molecule has 0 saturated carbocycles. The van der Waals surface area contributed by atoms with Crippen molar-refractivity contribution in [3.05, 3.63) is 59.7 Å². The van der Waals surface area contributed by atoms with Gasteiger partial charge in [-0.3, -0.25) is 9.59 Å². The second kappa shape index (κ2) is 8.15. The summed E-state index contributed by atoms with van der Waals surface area (Å²) in [5.41, 5.74) is 2.17. The van der Waals surface area contributed by atoms with Crippen molar-refractivity contribution in [2.24, 2.45) is 0 Å². The lowest BCUT2D eigenvalue weighted by molar-refractivity contribution is -0.136. The summed E-state index contributed by atoms with van der Waals surface area (Å²) in [4.78, 5) is 23.4. The number of aliphatic carboxylic acids is 1. The number of rotatable bonds is 7. The van der Waals surface area contributed by atoms with Crippen molar-refractivity contribution in [1.29, 1.82) is 0 Å². The standard InChI is InChI=1S/C19H21NO4/c1-3-17(14-7-9-16(24-2)10-8-14)19(23)20-15-6-4-5-13(11-15)12-18(21)22/h4-11,17H,3,12H2,1-2H3,(H,20,23)(H,21,22). The van der Waals surface area contributed by atoms with E-state index in [1.165, 1.54) is 0 Å². The van der Waals surface area contributed by atoms with E-state index >= 15 is 0 Å². The fraction of sp³-hybridized carbons (Fsp3) is 0.263. The van der Waals surface area contributed by atoms with Crippen LogP contribution in [0.2, 0.25) is 0 Å². The Morgan fingerprint density at radius 3 is 2.46 bits per heavy atom. The Bertz CT molecular complexity index is 710. The van der Waals surface area contributed by atoms with Crippen LogP contribution < -0.4 is 10.1 Å². The molecule has 0 fully saturated rings. The van der Waals surface area contributed by atoms with Gasteiger partial charge in [0, 0.05) is 5.69 Å². The molecule has 0 aliphatic carbocycles. The van der Waals surface area contributed by atoms with Crippen molar-refractivity contribution in [2.75, 3.05) is 12.4 Å². The highest BCUT2D eigenvalue weighted by atomic mass is 16.5. The Morgan fingerprint density at radius 2 is 1.88 bits per heavy atom. The first-order chi connectivity index (χ1) is 11.5. The molecule has 0 aromatic heterocycles. The summed E-state index contributed by atoms with van der Waals surface area (Å²) in [7, 11) is 1.60. The number of carboxylic acids is 1. The van der Waals surface area contributed by atoms with Crippen molar-refractivity contribution in [3.8, 4) is 5.75 Å². The summed E-state index contributed by atoms with van der Waals surface area (Å²) in [5.74, 6) is -0.548. The molecule has 1 amide bonds. The fourth-order valence-electron chi connectivity index (χ4n) is 2.57. The average molecular weight is 327 g/mol. The summed E-state index contributed by atoms with van der Waals surface area (Å²) in [6.45, 7) is 1.95. The number of methoxy groups -OCH3 is 1. The molecule has 2 rings (SSSR count). The smallest absolute Gasteiger partial charge is 0.307 e. The first-order valence-electron chi connectivity index (χ1n) is 7.79. The largest absolute Gasteiger partial charge is 0.497 e. The number of carbonyl (C=O) groups is 2. The highest BCUT2D eigenvalue weighted by Crippen LogP contribution is 2.24. The molecule has 0 bridgehead atoms. The Labute approximate surface area is 141 Å². The van der Waals surface area contributed by atoms with Crippen LogP contribution in [-0.4, -0.2) is 24.1 Å². The van der Waals surface area contributed by atoms with Crippen molar-refractivity contribution in [3.63, 3.8) is 0 Å². The number of hydrogen-bond acceptors (Lipinski definition) is 3. The minimum absolute atomic E-state index is 0.0700. The van der Waals surface area contributed by atoms with Gasteiger partial charge >= 0.3 is 5.97 Å². The average Bonchev–Trinajstić information content (AvgIpc) is 2.56. The van der Waals surface area contributed by atoms with E-state index in [1.807, 2.05) is 31.2 Å². The zero-order valence-corrected chi connectivity index (χ0v) is 13.8. The van der Waals surface area contributed by atoms with E-state index in [0.717, 1.165) is 11.3 Å². The van der Waals surface area contributed by atoms with E-state index in [4.69, 9.17) is 9.84 Å². The number of anilines is 1. The Hall–Kier alpha value is -2.82. The molecule has 0 spiro atoms. The minimum Gasteiger partial charge on any atom is -0.497 e. The van der Waals surface area contributed by atoms with Gasteiger partial charge in [0.25, 0.3) is 0 Å². The number of carboxylic acid groups (broad SMARTS) is 1. The van der Waals surface area contributed by atoms with Crippen LogP contribution in [0.25, 0.3) is 0 Å². The number of benzene rings is 2. The molecular formula is C19H21NO4. The molecule has 1 unspecified atom stereocenters. The first kappa shape index (κ1) is 17.5. The molecule has 0 saturated heterocycles. The predicted octanol–water partition coefficient (Wildman–Crippen LogP) is 3.45. The van der Waals surface area contributed by atoms with Gasteiger partial charge in [0.1, 0.15) is 5.75 Å². The molecule has 0 radical (unpaired) electrons. The van der Waals surface area contributed by atoms with Crippen molar-refractivity contribution in [1.82, 2.24) is 0 Å². The van der Waals surface area contributed by atoms with E-state index in [1.54, 1.807) is 31.4 Å². The lowest BCUT2D eigenvalue weighted by Gasteiger charge is -2.16. The second-order valence-electron chi connectivity index (χ2n) is 5.49. The molecule has 0 heterocycles. The number of nitrogens with one attached hydrogen (secondary N) is 1. The SMILES string of the molecule is CCC(C(=O)Nc1cccc(CC(=O)O)c1)c1ccc(OC)cc1. The lowest BCUT2D eigenvalue weighted by atomic mass is 9.95. The maximum atomic E-state index is 12.6. The molecule has 2 N–H and O–H groups in total. The van der Waals surface area contributed by atoms with Crippen molar-refractivity contribution >= 4 is 17.6 Å². The maximum Gasteiger partial charge on any atom is 0.307 e. The van der Waals surface area contributed by atoms with Crippen LogP contribution in [0.3, 0.4) is 0 Å². The van der Waals surface area contributed by atoms with Crippen molar-refractivity contribution in [2.45, 2.75) is 25.7 Å². The normalized spacial score (nSPS) is 11.6. The van der Waals surface area contributed by atoms with E-state index in [2.05, 4.69) is 5.32 Å². The van der Waals surface area contributed by atoms with Crippen LogP contribution in [0.15, 0.2) is 48.5 Å². The quantitative estimate of drug-likeness (QED) is 0.816. The van der Waals surface area contributed by atoms with E-state index in [9.17, 15) is 9.59 Å². The summed E-state index contributed by atoms with van der Waals surface area (Å²) in [6.07, 6.45) is 0.590. The zero-order valence-electron chi connectivity index (χ0n) is 13.8. The molecule has 2 aromatic carbocycles. The minimum atomic E-state index is -0.900. The molecule has 24 heavy (non-hydrogen) atoms. The number of carbonyl (C=O) groups excluding carboxylic acids is 1. The maximum absolute atomic E-state index is 12.6. The Balaban J connectivity index is 2.12. The zero-order chi connectivity index (χ0) is 17.5. The van der Waals surface area contributed by atoms with Crippen LogP contribution in [0, 0.1) is 0 Å². The molecule has 2 aromatic rings. The van der Waals surface area contributed by atoms with Crippen LogP contribution in [0.1, 0.15) is 30.4 Å². The van der Waals surface area contributed by atoms with E-state index in [-0.39, 0.29) is 18.2 Å². The molecule has 5 nitrogen and oxygen atoms in total. The summed E-state index contributed by atoms with van der Waals surface area (Å²) in [5, 5.41) is 11.7. The molecular weight excluding hydrogens is 306 g/mol. The van der Waals surface area contributed by atoms with Gasteiger partial charge in [0.05, 0.1) is 19.4 Å². The summed E-state index contributed by atoms with van der Waals surface area (Å²) >= 11 is 0. The highest BCUT2D eigenvalue weighted by Gasteiger charge is 2.19. The first-order valence-corrected chi connectivity index (χ1v) is 7.79. The Kier molecular flexibility index (Phi) is 5.95. The van der Waals surface area contributed by atoms with Gasteiger partial charge in [0.15, 0.2) is 0 Å². The van der Waals surface area contributed by atoms with Gasteiger partial charge in [-0.15, -0.1) is 0 Å². The molecule has 126 valence electrons. The van der Waals surface area contributed by atoms with E-state index < -0.39 is 5.97 Å². The monoisotopic (exact) mass is 327 g/mol. The summed E-state index contributed by atoms with van der Waals surface area (Å²) in [6, 6.07) is 14.3. The van der Waals surface area contributed by atoms with Crippen LogP contribution in [0.5, 0.6) is 5.75 Å². The summed E-state index contributed by atoms with van der Waals surface area (Å²) < 4.78 is 5.14.